The van der Waals surface area contributed by atoms with E-state index in [1.54, 1.807) is 7.11 Å². The highest BCUT2D eigenvalue weighted by Crippen LogP contribution is 2.40. The van der Waals surface area contributed by atoms with E-state index in [0.29, 0.717) is 18.6 Å². The van der Waals surface area contributed by atoms with Gasteiger partial charge in [0.15, 0.2) is 5.96 Å². The highest BCUT2D eigenvalue weighted by atomic mass is 16.5. The molecule has 1 aromatic carbocycles. The Hall–Kier alpha value is -1.59. The standard InChI is InChI=1S/C22H37N3O2/c1-4-23-21(24-16-19-8-10-20(11-9-19)17-26-3)25-18-22(12-6-7-13-22)14-15-27-5-2/h8-11H,4-7,12-18H2,1-3H3,(H2,23,24,25). The van der Waals surface area contributed by atoms with Crippen molar-refractivity contribution < 1.29 is 9.47 Å². The number of nitrogens with one attached hydrogen (secondary N) is 2. The minimum absolute atomic E-state index is 0.354. The number of aliphatic imine (C=N–C) groups is 1. The minimum Gasteiger partial charge on any atom is -0.382 e. The van der Waals surface area contributed by atoms with Crippen LogP contribution in [0.4, 0.5) is 0 Å². The van der Waals surface area contributed by atoms with Crippen molar-refractivity contribution in [2.75, 3.05) is 33.4 Å². The van der Waals surface area contributed by atoms with Gasteiger partial charge in [0.1, 0.15) is 0 Å². The zero-order valence-electron chi connectivity index (χ0n) is 17.4. The van der Waals surface area contributed by atoms with Gasteiger partial charge in [0.05, 0.1) is 13.2 Å². The van der Waals surface area contributed by atoms with E-state index in [9.17, 15) is 0 Å². The topological polar surface area (TPSA) is 54.9 Å². The van der Waals surface area contributed by atoms with Gasteiger partial charge in [0, 0.05) is 33.4 Å². The van der Waals surface area contributed by atoms with Crippen LogP contribution in [0.1, 0.15) is 57.1 Å². The van der Waals surface area contributed by atoms with E-state index in [1.807, 2.05) is 0 Å². The van der Waals surface area contributed by atoms with Gasteiger partial charge in [-0.1, -0.05) is 37.1 Å². The summed E-state index contributed by atoms with van der Waals surface area (Å²) in [6.45, 7) is 9.00. The Morgan fingerprint density at radius 2 is 1.78 bits per heavy atom. The molecule has 152 valence electrons. The summed E-state index contributed by atoms with van der Waals surface area (Å²) in [5, 5.41) is 6.98. The lowest BCUT2D eigenvalue weighted by Crippen LogP contribution is -2.43. The van der Waals surface area contributed by atoms with E-state index in [1.165, 1.54) is 36.8 Å². The molecule has 0 amide bonds. The van der Waals surface area contributed by atoms with Crippen molar-refractivity contribution in [3.8, 4) is 0 Å². The zero-order valence-corrected chi connectivity index (χ0v) is 17.4. The van der Waals surface area contributed by atoms with Crippen molar-refractivity contribution in [2.45, 2.75) is 59.1 Å². The molecule has 0 heterocycles. The third kappa shape index (κ3) is 7.51. The lowest BCUT2D eigenvalue weighted by Gasteiger charge is -2.30. The Labute approximate surface area is 164 Å². The van der Waals surface area contributed by atoms with E-state index >= 15 is 0 Å². The summed E-state index contributed by atoms with van der Waals surface area (Å²) in [7, 11) is 1.72. The first-order valence-corrected chi connectivity index (χ1v) is 10.4. The third-order valence-electron chi connectivity index (χ3n) is 5.37. The van der Waals surface area contributed by atoms with Crippen LogP contribution < -0.4 is 10.6 Å². The molecular formula is C22H37N3O2. The van der Waals surface area contributed by atoms with Crippen molar-refractivity contribution in [3.05, 3.63) is 35.4 Å². The Morgan fingerprint density at radius 1 is 1.07 bits per heavy atom. The monoisotopic (exact) mass is 375 g/mol. The summed E-state index contributed by atoms with van der Waals surface area (Å²) in [5.41, 5.74) is 2.75. The SMILES string of the molecule is CCNC(=NCc1ccc(COC)cc1)NCC1(CCOCC)CCCC1. The largest absolute Gasteiger partial charge is 0.382 e. The molecule has 5 nitrogen and oxygen atoms in total. The summed E-state index contributed by atoms with van der Waals surface area (Å²) in [6, 6.07) is 8.47. The molecular weight excluding hydrogens is 338 g/mol. The molecule has 0 bridgehead atoms. The third-order valence-corrected chi connectivity index (χ3v) is 5.37. The summed E-state index contributed by atoms with van der Waals surface area (Å²) >= 11 is 0. The zero-order chi connectivity index (χ0) is 19.4. The van der Waals surface area contributed by atoms with Gasteiger partial charge >= 0.3 is 0 Å². The maximum Gasteiger partial charge on any atom is 0.191 e. The van der Waals surface area contributed by atoms with Gasteiger partial charge in [-0.15, -0.1) is 0 Å². The first-order chi connectivity index (χ1) is 13.2. The average molecular weight is 376 g/mol. The quantitative estimate of drug-likeness (QED) is 0.350. The van der Waals surface area contributed by atoms with Gasteiger partial charge in [-0.05, 0) is 49.7 Å². The van der Waals surface area contributed by atoms with Gasteiger partial charge < -0.3 is 20.1 Å². The van der Waals surface area contributed by atoms with Gasteiger partial charge in [0.25, 0.3) is 0 Å². The van der Waals surface area contributed by atoms with Crippen LogP contribution >= 0.6 is 0 Å². The fourth-order valence-corrected chi connectivity index (χ4v) is 3.76. The number of hydrogen-bond donors (Lipinski definition) is 2. The fourth-order valence-electron chi connectivity index (χ4n) is 3.76. The lowest BCUT2D eigenvalue weighted by molar-refractivity contribution is 0.105. The Bertz CT molecular complexity index is 551. The van der Waals surface area contributed by atoms with Crippen LogP contribution in [0.3, 0.4) is 0 Å². The normalized spacial score (nSPS) is 16.5. The predicted octanol–water partition coefficient (Wildman–Crippen LogP) is 3.88. The number of hydrogen-bond acceptors (Lipinski definition) is 3. The van der Waals surface area contributed by atoms with E-state index in [2.05, 4.69) is 48.7 Å². The van der Waals surface area contributed by atoms with E-state index in [0.717, 1.165) is 38.7 Å². The Morgan fingerprint density at radius 3 is 2.41 bits per heavy atom. The molecule has 0 aliphatic heterocycles. The van der Waals surface area contributed by atoms with Gasteiger partial charge in [0.2, 0.25) is 0 Å². The number of nitrogens with zero attached hydrogens (tertiary/aromatic N) is 1. The smallest absolute Gasteiger partial charge is 0.191 e. The summed E-state index contributed by atoms with van der Waals surface area (Å²) in [6.07, 6.45) is 6.36. The molecule has 0 unspecified atom stereocenters. The van der Waals surface area contributed by atoms with Crippen molar-refractivity contribution in [3.63, 3.8) is 0 Å². The molecule has 1 aromatic rings. The Kier molecular flexibility index (Phi) is 9.64. The van der Waals surface area contributed by atoms with Crippen LogP contribution in [0.25, 0.3) is 0 Å². The summed E-state index contributed by atoms with van der Waals surface area (Å²) in [4.78, 5) is 4.78. The van der Waals surface area contributed by atoms with Crippen molar-refractivity contribution in [1.82, 2.24) is 10.6 Å². The number of rotatable bonds is 11. The molecule has 0 aromatic heterocycles. The maximum absolute atomic E-state index is 5.62. The van der Waals surface area contributed by atoms with E-state index < -0.39 is 0 Å². The maximum atomic E-state index is 5.62. The highest BCUT2D eigenvalue weighted by molar-refractivity contribution is 5.79. The second kappa shape index (κ2) is 12.0. The average Bonchev–Trinajstić information content (AvgIpc) is 3.15. The minimum atomic E-state index is 0.354. The molecule has 1 aliphatic rings. The molecule has 1 aliphatic carbocycles. The molecule has 27 heavy (non-hydrogen) atoms. The van der Waals surface area contributed by atoms with Gasteiger partial charge in [-0.2, -0.15) is 0 Å². The molecule has 0 spiro atoms. The van der Waals surface area contributed by atoms with Crippen LogP contribution in [0, 0.1) is 5.41 Å². The fraction of sp³-hybridized carbons (Fsp3) is 0.682. The van der Waals surface area contributed by atoms with Crippen LogP contribution in [0.15, 0.2) is 29.3 Å². The second-order valence-electron chi connectivity index (χ2n) is 7.45. The van der Waals surface area contributed by atoms with Crippen LogP contribution in [-0.4, -0.2) is 39.4 Å². The van der Waals surface area contributed by atoms with E-state index in [4.69, 9.17) is 14.5 Å². The van der Waals surface area contributed by atoms with Crippen LogP contribution in [0.2, 0.25) is 0 Å². The first kappa shape index (κ1) is 21.7. The van der Waals surface area contributed by atoms with Crippen LogP contribution in [0.5, 0.6) is 0 Å². The van der Waals surface area contributed by atoms with Crippen LogP contribution in [-0.2, 0) is 22.6 Å². The predicted molar refractivity (Wildman–Crippen MR) is 112 cm³/mol. The van der Waals surface area contributed by atoms with Crippen molar-refractivity contribution in [1.29, 1.82) is 0 Å². The molecule has 0 radical (unpaired) electrons. The second-order valence-corrected chi connectivity index (χ2v) is 7.45. The van der Waals surface area contributed by atoms with Crippen molar-refractivity contribution >= 4 is 5.96 Å². The Balaban J connectivity index is 1.91. The molecule has 2 rings (SSSR count). The molecule has 0 saturated heterocycles. The van der Waals surface area contributed by atoms with E-state index in [-0.39, 0.29) is 0 Å². The molecule has 2 N–H and O–H groups in total. The molecule has 1 saturated carbocycles. The highest BCUT2D eigenvalue weighted by Gasteiger charge is 2.33. The molecule has 5 heteroatoms. The van der Waals surface area contributed by atoms with Gasteiger partial charge in [-0.3, -0.25) is 0 Å². The number of methoxy groups -OCH3 is 1. The summed E-state index contributed by atoms with van der Waals surface area (Å²) in [5.74, 6) is 0.904. The number of guanidine groups is 1. The van der Waals surface area contributed by atoms with Gasteiger partial charge in [-0.25, -0.2) is 4.99 Å². The van der Waals surface area contributed by atoms with Crippen molar-refractivity contribution in [2.24, 2.45) is 10.4 Å². The number of ether oxygens (including phenoxy) is 2. The summed E-state index contributed by atoms with van der Waals surface area (Å²) < 4.78 is 10.8. The molecule has 0 atom stereocenters. The molecule has 1 fully saturated rings. The number of benzene rings is 1. The lowest BCUT2D eigenvalue weighted by atomic mass is 9.83. The first-order valence-electron chi connectivity index (χ1n) is 10.4.